The van der Waals surface area contributed by atoms with E-state index in [2.05, 4.69) is 16.0 Å². The standard InChI is InChI=1S/C18H34N6O7S/c1-32-7-5-11(16(28)23-12(18(30)31)8-14(21)26)22-17(29)13(9-25)24-15(27)10(20)4-2-3-6-19/h10-13,25H,2-9,19-20H2,1H3,(H2,21,26)(H,22,29)(H,23,28)(H,24,27)(H,30,31). The maximum atomic E-state index is 12.5. The number of nitrogens with one attached hydrogen (secondary N) is 3. The molecule has 184 valence electrons. The third kappa shape index (κ3) is 11.8. The van der Waals surface area contributed by atoms with E-state index in [0.29, 0.717) is 31.6 Å². The molecule has 4 atom stereocenters. The number of aliphatic carboxylic acids is 1. The molecule has 0 aromatic heterocycles. The fourth-order valence-electron chi connectivity index (χ4n) is 2.56. The topological polar surface area (TPSA) is 240 Å². The minimum absolute atomic E-state index is 0.131. The van der Waals surface area contributed by atoms with Crippen LogP contribution in [0.15, 0.2) is 0 Å². The Morgan fingerprint density at radius 1 is 0.906 bits per heavy atom. The highest BCUT2D eigenvalue weighted by Gasteiger charge is 2.30. The lowest BCUT2D eigenvalue weighted by Gasteiger charge is -2.24. The van der Waals surface area contributed by atoms with Crippen LogP contribution in [0.3, 0.4) is 0 Å². The van der Waals surface area contributed by atoms with Crippen molar-refractivity contribution in [1.29, 1.82) is 0 Å². The summed E-state index contributed by atoms with van der Waals surface area (Å²) in [7, 11) is 0. The molecule has 0 bridgehead atoms. The monoisotopic (exact) mass is 478 g/mol. The van der Waals surface area contributed by atoms with Gasteiger partial charge in [-0.3, -0.25) is 19.2 Å². The van der Waals surface area contributed by atoms with Crippen LogP contribution < -0.4 is 33.2 Å². The van der Waals surface area contributed by atoms with Crippen molar-refractivity contribution in [3.8, 4) is 0 Å². The average molecular weight is 479 g/mol. The molecule has 4 unspecified atom stereocenters. The number of nitrogens with two attached hydrogens (primary N) is 3. The van der Waals surface area contributed by atoms with Crippen LogP contribution in [0, 0.1) is 0 Å². The molecular formula is C18H34N6O7S. The summed E-state index contributed by atoms with van der Waals surface area (Å²) in [4.78, 5) is 59.5. The Labute approximate surface area is 190 Å². The summed E-state index contributed by atoms with van der Waals surface area (Å²) in [6, 6.07) is -5.00. The van der Waals surface area contributed by atoms with Gasteiger partial charge in [-0.1, -0.05) is 6.42 Å². The number of hydrogen-bond donors (Lipinski definition) is 8. The molecule has 0 fully saturated rings. The van der Waals surface area contributed by atoms with Gasteiger partial charge in [-0.25, -0.2) is 4.79 Å². The van der Waals surface area contributed by atoms with Gasteiger partial charge in [-0.05, 0) is 37.8 Å². The molecule has 0 radical (unpaired) electrons. The van der Waals surface area contributed by atoms with Gasteiger partial charge >= 0.3 is 5.97 Å². The normalized spacial score (nSPS) is 14.5. The molecule has 0 spiro atoms. The van der Waals surface area contributed by atoms with Gasteiger partial charge in [0.15, 0.2) is 0 Å². The molecule has 4 amide bonds. The highest BCUT2D eigenvalue weighted by atomic mass is 32.2. The quantitative estimate of drug-likeness (QED) is 0.0963. The molecular weight excluding hydrogens is 444 g/mol. The molecule has 13 nitrogen and oxygen atoms in total. The second-order valence-corrected chi connectivity index (χ2v) is 8.03. The molecule has 32 heavy (non-hydrogen) atoms. The molecule has 0 aromatic rings. The smallest absolute Gasteiger partial charge is 0.326 e. The lowest BCUT2D eigenvalue weighted by Crippen LogP contribution is -2.58. The van der Waals surface area contributed by atoms with Crippen molar-refractivity contribution in [2.24, 2.45) is 17.2 Å². The number of carbonyl (C=O) groups excluding carboxylic acids is 4. The van der Waals surface area contributed by atoms with Crippen molar-refractivity contribution in [1.82, 2.24) is 16.0 Å². The number of carboxylic acids is 1. The van der Waals surface area contributed by atoms with Crippen LogP contribution in [0.25, 0.3) is 0 Å². The van der Waals surface area contributed by atoms with Gasteiger partial charge in [0, 0.05) is 0 Å². The highest BCUT2D eigenvalue weighted by Crippen LogP contribution is 2.04. The number of unbranched alkanes of at least 4 members (excludes halogenated alkanes) is 1. The molecule has 0 aliphatic carbocycles. The minimum atomic E-state index is -1.56. The molecule has 0 heterocycles. The first-order chi connectivity index (χ1) is 15.1. The number of aliphatic hydroxyl groups is 1. The number of hydrogen-bond acceptors (Lipinski definition) is 9. The van der Waals surface area contributed by atoms with Crippen molar-refractivity contribution in [2.75, 3.05) is 25.2 Å². The van der Waals surface area contributed by atoms with E-state index in [1.165, 1.54) is 11.8 Å². The van der Waals surface area contributed by atoms with Crippen LogP contribution in [0.2, 0.25) is 0 Å². The number of carboxylic acid groups (broad SMARTS) is 1. The van der Waals surface area contributed by atoms with Gasteiger partial charge in [0.05, 0.1) is 19.1 Å². The van der Waals surface area contributed by atoms with Gasteiger partial charge < -0.3 is 43.4 Å². The molecule has 0 rings (SSSR count). The zero-order valence-electron chi connectivity index (χ0n) is 18.0. The SMILES string of the molecule is CSCCC(NC(=O)C(CO)NC(=O)C(N)CCCCN)C(=O)NC(CC(N)=O)C(=O)O. The summed E-state index contributed by atoms with van der Waals surface area (Å²) in [6.45, 7) is -0.291. The van der Waals surface area contributed by atoms with Crippen LogP contribution in [0.1, 0.15) is 32.1 Å². The summed E-state index contributed by atoms with van der Waals surface area (Å²) in [5.41, 5.74) is 16.2. The third-order valence-electron chi connectivity index (χ3n) is 4.39. The number of amides is 4. The predicted molar refractivity (Wildman–Crippen MR) is 118 cm³/mol. The second kappa shape index (κ2) is 16.2. The number of rotatable bonds is 17. The molecule has 0 aliphatic rings. The first-order valence-electron chi connectivity index (χ1n) is 10.0. The Hall–Kier alpha value is -2.42. The first-order valence-corrected chi connectivity index (χ1v) is 11.4. The van der Waals surface area contributed by atoms with E-state index in [-0.39, 0.29) is 6.42 Å². The largest absolute Gasteiger partial charge is 0.480 e. The lowest BCUT2D eigenvalue weighted by molar-refractivity contribution is -0.143. The van der Waals surface area contributed by atoms with E-state index < -0.39 is 66.8 Å². The van der Waals surface area contributed by atoms with Gasteiger partial charge in [0.1, 0.15) is 18.1 Å². The Bertz CT molecular complexity index is 651. The van der Waals surface area contributed by atoms with Gasteiger partial charge in [0.25, 0.3) is 0 Å². The molecule has 11 N–H and O–H groups in total. The molecule has 14 heteroatoms. The predicted octanol–water partition coefficient (Wildman–Crippen LogP) is -3.40. The van der Waals surface area contributed by atoms with Crippen LogP contribution in [0.5, 0.6) is 0 Å². The molecule has 0 saturated carbocycles. The summed E-state index contributed by atoms with van der Waals surface area (Å²) in [5.74, 6) is -4.28. The van der Waals surface area contributed by atoms with E-state index in [0.717, 1.165) is 0 Å². The fourth-order valence-corrected chi connectivity index (χ4v) is 3.03. The Morgan fingerprint density at radius 3 is 1.97 bits per heavy atom. The summed E-state index contributed by atoms with van der Waals surface area (Å²) >= 11 is 1.38. The minimum Gasteiger partial charge on any atom is -0.480 e. The summed E-state index contributed by atoms with van der Waals surface area (Å²) in [6.07, 6.45) is 2.93. The summed E-state index contributed by atoms with van der Waals surface area (Å²) < 4.78 is 0. The number of primary amides is 1. The van der Waals surface area contributed by atoms with E-state index in [1.807, 2.05) is 0 Å². The first kappa shape index (κ1) is 29.6. The van der Waals surface area contributed by atoms with E-state index in [1.54, 1.807) is 6.26 Å². The number of aliphatic hydroxyl groups excluding tert-OH is 1. The Morgan fingerprint density at radius 2 is 1.47 bits per heavy atom. The van der Waals surface area contributed by atoms with Crippen molar-refractivity contribution in [2.45, 2.75) is 56.3 Å². The molecule has 0 aliphatic heterocycles. The van der Waals surface area contributed by atoms with Crippen LogP contribution in [-0.2, 0) is 24.0 Å². The number of carbonyl (C=O) groups is 5. The van der Waals surface area contributed by atoms with E-state index in [9.17, 15) is 29.1 Å². The van der Waals surface area contributed by atoms with Crippen molar-refractivity contribution >= 4 is 41.4 Å². The fraction of sp³-hybridized carbons (Fsp3) is 0.722. The zero-order chi connectivity index (χ0) is 24.7. The van der Waals surface area contributed by atoms with Crippen LogP contribution >= 0.6 is 11.8 Å². The summed E-state index contributed by atoms with van der Waals surface area (Å²) in [5, 5.41) is 25.6. The van der Waals surface area contributed by atoms with Crippen molar-refractivity contribution < 1.29 is 34.2 Å². The van der Waals surface area contributed by atoms with E-state index in [4.69, 9.17) is 22.3 Å². The second-order valence-electron chi connectivity index (χ2n) is 7.05. The van der Waals surface area contributed by atoms with Crippen molar-refractivity contribution in [3.05, 3.63) is 0 Å². The number of thioether (sulfide) groups is 1. The Balaban J connectivity index is 5.14. The van der Waals surface area contributed by atoms with Gasteiger partial charge in [-0.2, -0.15) is 11.8 Å². The zero-order valence-corrected chi connectivity index (χ0v) is 18.9. The van der Waals surface area contributed by atoms with E-state index >= 15 is 0 Å². The molecule has 0 aromatic carbocycles. The van der Waals surface area contributed by atoms with Gasteiger partial charge in [0.2, 0.25) is 23.6 Å². The third-order valence-corrected chi connectivity index (χ3v) is 5.03. The molecule has 0 saturated heterocycles. The van der Waals surface area contributed by atoms with Crippen molar-refractivity contribution in [3.63, 3.8) is 0 Å². The van der Waals surface area contributed by atoms with Gasteiger partial charge in [-0.15, -0.1) is 0 Å². The highest BCUT2D eigenvalue weighted by molar-refractivity contribution is 7.98. The lowest BCUT2D eigenvalue weighted by atomic mass is 10.1. The van der Waals surface area contributed by atoms with Crippen LogP contribution in [-0.4, -0.2) is 89.1 Å². The maximum Gasteiger partial charge on any atom is 0.326 e. The Kier molecular flexibility index (Phi) is 15.0. The maximum absolute atomic E-state index is 12.5. The van der Waals surface area contributed by atoms with Crippen LogP contribution in [0.4, 0.5) is 0 Å². The average Bonchev–Trinajstić information content (AvgIpc) is 2.73.